The summed E-state index contributed by atoms with van der Waals surface area (Å²) in [5.41, 5.74) is 6.10. The Hall–Kier alpha value is -3.40. The number of amides is 1. The number of aryl methyl sites for hydroxylation is 2. The molecule has 4 nitrogen and oxygen atoms in total. The summed E-state index contributed by atoms with van der Waals surface area (Å²) in [6.45, 7) is 4.01. The predicted octanol–water partition coefficient (Wildman–Crippen LogP) is 5.36. The predicted molar refractivity (Wildman–Crippen MR) is 103 cm³/mol. The number of hydrogen-bond donors (Lipinski definition) is 1. The van der Waals surface area contributed by atoms with Crippen LogP contribution in [-0.2, 0) is 0 Å². The number of rotatable bonds is 3. The number of hydrogen-bond acceptors (Lipinski definition) is 3. The van der Waals surface area contributed by atoms with Gasteiger partial charge in [0.25, 0.3) is 5.91 Å². The van der Waals surface area contributed by atoms with Crippen LogP contribution in [0.15, 0.2) is 71.1 Å². The number of carbonyl (C=O) groups is 1. The molecule has 0 aliphatic carbocycles. The van der Waals surface area contributed by atoms with E-state index in [1.54, 1.807) is 0 Å². The average Bonchev–Trinajstić information content (AvgIpc) is 3.06. The van der Waals surface area contributed by atoms with Gasteiger partial charge in [0.05, 0.1) is 0 Å². The summed E-state index contributed by atoms with van der Waals surface area (Å²) < 4.78 is 5.84. The maximum absolute atomic E-state index is 12.3. The second kappa shape index (κ2) is 6.48. The van der Waals surface area contributed by atoms with Crippen LogP contribution in [0.3, 0.4) is 0 Å². The van der Waals surface area contributed by atoms with E-state index in [9.17, 15) is 4.79 Å². The minimum absolute atomic E-state index is 0.130. The van der Waals surface area contributed by atoms with E-state index in [1.807, 2.05) is 80.6 Å². The Morgan fingerprint density at radius 2 is 1.58 bits per heavy atom. The van der Waals surface area contributed by atoms with Crippen molar-refractivity contribution in [3.05, 3.63) is 83.4 Å². The fraction of sp³-hybridized carbons (Fsp3) is 0.0909. The quantitative estimate of drug-likeness (QED) is 0.545. The molecule has 1 N–H and O–H groups in total. The zero-order chi connectivity index (χ0) is 18.1. The highest BCUT2D eigenvalue weighted by Gasteiger charge is 2.10. The molecule has 0 radical (unpaired) electrons. The number of fused-ring (bicyclic) bond motifs is 1. The molecule has 0 spiro atoms. The standard InChI is InChI=1S/C22H18N2O2/c1-14-3-6-16(7-4-14)21(25)23-18-10-8-17(9-11-18)22-24-19-12-5-15(2)13-20(19)26-22/h3-13H,1-2H3,(H,23,25). The summed E-state index contributed by atoms with van der Waals surface area (Å²) in [7, 11) is 0. The van der Waals surface area contributed by atoms with Crippen LogP contribution in [0.4, 0.5) is 5.69 Å². The first-order valence-corrected chi connectivity index (χ1v) is 8.44. The van der Waals surface area contributed by atoms with Gasteiger partial charge in [-0.15, -0.1) is 0 Å². The Morgan fingerprint density at radius 3 is 2.31 bits per heavy atom. The van der Waals surface area contributed by atoms with Crippen molar-refractivity contribution in [3.63, 3.8) is 0 Å². The van der Waals surface area contributed by atoms with E-state index in [1.165, 1.54) is 0 Å². The molecule has 4 heteroatoms. The van der Waals surface area contributed by atoms with Gasteiger partial charge in [0.2, 0.25) is 5.89 Å². The van der Waals surface area contributed by atoms with Crippen molar-refractivity contribution < 1.29 is 9.21 Å². The van der Waals surface area contributed by atoms with Crippen LogP contribution in [0.25, 0.3) is 22.6 Å². The Balaban J connectivity index is 1.54. The summed E-state index contributed by atoms with van der Waals surface area (Å²) in [5, 5.41) is 2.90. The van der Waals surface area contributed by atoms with Crippen molar-refractivity contribution >= 4 is 22.7 Å². The van der Waals surface area contributed by atoms with Crippen LogP contribution >= 0.6 is 0 Å². The van der Waals surface area contributed by atoms with Crippen molar-refractivity contribution in [1.82, 2.24) is 4.98 Å². The van der Waals surface area contributed by atoms with Gasteiger partial charge in [0.15, 0.2) is 5.58 Å². The SMILES string of the molecule is Cc1ccc(C(=O)Nc2ccc(-c3nc4ccc(C)cc4o3)cc2)cc1. The number of carbonyl (C=O) groups excluding carboxylic acids is 1. The molecule has 0 saturated carbocycles. The number of benzene rings is 3. The maximum Gasteiger partial charge on any atom is 0.255 e. The Morgan fingerprint density at radius 1 is 0.885 bits per heavy atom. The monoisotopic (exact) mass is 342 g/mol. The third-order valence-corrected chi connectivity index (χ3v) is 4.25. The molecule has 1 heterocycles. The Bertz CT molecular complexity index is 1080. The number of oxazole rings is 1. The second-order valence-corrected chi connectivity index (χ2v) is 6.39. The van der Waals surface area contributed by atoms with Crippen molar-refractivity contribution in [2.24, 2.45) is 0 Å². The van der Waals surface area contributed by atoms with E-state index in [-0.39, 0.29) is 5.91 Å². The lowest BCUT2D eigenvalue weighted by Crippen LogP contribution is -2.11. The normalized spacial score (nSPS) is 10.8. The zero-order valence-electron chi connectivity index (χ0n) is 14.6. The van der Waals surface area contributed by atoms with Gasteiger partial charge < -0.3 is 9.73 Å². The summed E-state index contributed by atoms with van der Waals surface area (Å²) in [6.07, 6.45) is 0. The smallest absolute Gasteiger partial charge is 0.255 e. The van der Waals surface area contributed by atoms with E-state index in [0.717, 1.165) is 33.5 Å². The van der Waals surface area contributed by atoms with Gasteiger partial charge in [0, 0.05) is 16.8 Å². The minimum Gasteiger partial charge on any atom is -0.436 e. The zero-order valence-corrected chi connectivity index (χ0v) is 14.6. The van der Waals surface area contributed by atoms with Gasteiger partial charge in [0.1, 0.15) is 5.52 Å². The first-order chi connectivity index (χ1) is 12.6. The molecular formula is C22H18N2O2. The summed E-state index contributed by atoms with van der Waals surface area (Å²) in [6, 6.07) is 20.9. The van der Waals surface area contributed by atoms with Gasteiger partial charge in [-0.1, -0.05) is 23.8 Å². The molecule has 3 aromatic carbocycles. The summed E-state index contributed by atoms with van der Waals surface area (Å²) >= 11 is 0. The third-order valence-electron chi connectivity index (χ3n) is 4.25. The molecule has 0 aliphatic rings. The van der Waals surface area contributed by atoms with Crippen LogP contribution in [0.2, 0.25) is 0 Å². The van der Waals surface area contributed by atoms with Crippen LogP contribution < -0.4 is 5.32 Å². The molecule has 26 heavy (non-hydrogen) atoms. The first-order valence-electron chi connectivity index (χ1n) is 8.44. The highest BCUT2D eigenvalue weighted by Crippen LogP contribution is 2.26. The highest BCUT2D eigenvalue weighted by atomic mass is 16.3. The van der Waals surface area contributed by atoms with Crippen molar-refractivity contribution in [2.75, 3.05) is 5.32 Å². The summed E-state index contributed by atoms with van der Waals surface area (Å²) in [4.78, 5) is 16.8. The molecule has 0 atom stereocenters. The molecular weight excluding hydrogens is 324 g/mol. The van der Waals surface area contributed by atoms with Crippen molar-refractivity contribution in [3.8, 4) is 11.5 Å². The van der Waals surface area contributed by atoms with E-state index < -0.39 is 0 Å². The fourth-order valence-corrected chi connectivity index (χ4v) is 2.76. The lowest BCUT2D eigenvalue weighted by atomic mass is 10.1. The van der Waals surface area contributed by atoms with Crippen molar-refractivity contribution in [1.29, 1.82) is 0 Å². The van der Waals surface area contributed by atoms with Gasteiger partial charge >= 0.3 is 0 Å². The Labute approximate surface area is 151 Å². The van der Waals surface area contributed by atoms with E-state index in [4.69, 9.17) is 4.42 Å². The second-order valence-electron chi connectivity index (χ2n) is 6.39. The van der Waals surface area contributed by atoms with E-state index >= 15 is 0 Å². The molecule has 1 aromatic heterocycles. The molecule has 0 bridgehead atoms. The molecule has 4 rings (SSSR count). The van der Waals surface area contributed by atoms with Crippen LogP contribution in [0.5, 0.6) is 0 Å². The maximum atomic E-state index is 12.3. The van der Waals surface area contributed by atoms with Crippen molar-refractivity contribution in [2.45, 2.75) is 13.8 Å². The molecule has 1 amide bonds. The lowest BCUT2D eigenvalue weighted by Gasteiger charge is -2.06. The average molecular weight is 342 g/mol. The molecule has 4 aromatic rings. The topological polar surface area (TPSA) is 55.1 Å². The van der Waals surface area contributed by atoms with Crippen LogP contribution in [0, 0.1) is 13.8 Å². The molecule has 128 valence electrons. The molecule has 0 aliphatic heterocycles. The van der Waals surface area contributed by atoms with Crippen LogP contribution in [-0.4, -0.2) is 10.9 Å². The molecule has 0 unspecified atom stereocenters. The number of nitrogens with one attached hydrogen (secondary N) is 1. The van der Waals surface area contributed by atoms with Crippen LogP contribution in [0.1, 0.15) is 21.5 Å². The van der Waals surface area contributed by atoms with E-state index in [0.29, 0.717) is 11.5 Å². The van der Waals surface area contributed by atoms with E-state index in [2.05, 4.69) is 10.3 Å². The first kappa shape index (κ1) is 16.1. The fourth-order valence-electron chi connectivity index (χ4n) is 2.76. The van der Waals surface area contributed by atoms with Gasteiger partial charge in [-0.3, -0.25) is 4.79 Å². The largest absolute Gasteiger partial charge is 0.436 e. The van der Waals surface area contributed by atoms with Gasteiger partial charge in [-0.2, -0.15) is 0 Å². The Kier molecular flexibility index (Phi) is 4.01. The number of aromatic nitrogens is 1. The third kappa shape index (κ3) is 3.22. The highest BCUT2D eigenvalue weighted by molar-refractivity contribution is 6.04. The molecule has 0 saturated heterocycles. The van der Waals surface area contributed by atoms with Gasteiger partial charge in [-0.25, -0.2) is 4.98 Å². The number of anilines is 1. The minimum atomic E-state index is -0.130. The lowest BCUT2D eigenvalue weighted by molar-refractivity contribution is 0.102. The number of nitrogens with zero attached hydrogens (tertiary/aromatic N) is 1. The molecule has 0 fully saturated rings. The van der Waals surface area contributed by atoms with Gasteiger partial charge in [-0.05, 0) is 67.9 Å². The summed E-state index contributed by atoms with van der Waals surface area (Å²) in [5.74, 6) is 0.442.